The molecule has 0 bridgehead atoms. The van der Waals surface area contributed by atoms with Crippen molar-refractivity contribution in [2.24, 2.45) is 25.7 Å². The number of nitrogens with zero attached hydrogens (tertiary/aromatic N) is 3. The van der Waals surface area contributed by atoms with E-state index in [0.717, 1.165) is 4.57 Å². The van der Waals surface area contributed by atoms with E-state index in [2.05, 4.69) is 0 Å². The minimum absolute atomic E-state index is 0.0705. The molecule has 1 rings (SSSR count). The summed E-state index contributed by atoms with van der Waals surface area (Å²) in [6, 6.07) is 0. The van der Waals surface area contributed by atoms with E-state index in [1.54, 1.807) is 14.1 Å². The van der Waals surface area contributed by atoms with Crippen LogP contribution < -0.4 is 17.0 Å². The van der Waals surface area contributed by atoms with Crippen LogP contribution in [0.15, 0.2) is 15.8 Å². The second kappa shape index (κ2) is 6.51. The van der Waals surface area contributed by atoms with E-state index in [4.69, 9.17) is 5.73 Å². The lowest BCUT2D eigenvalue weighted by Crippen LogP contribution is -2.40. The Morgan fingerprint density at radius 1 is 1.40 bits per heavy atom. The van der Waals surface area contributed by atoms with Gasteiger partial charge in [0.2, 0.25) is 5.91 Å². The number of nitrogens with two attached hydrogens (primary N) is 1. The van der Waals surface area contributed by atoms with Crippen LogP contribution >= 0.6 is 0 Å². The number of aryl methyl sites for hydroxylation is 1. The molecule has 1 heterocycles. The average Bonchev–Trinajstić information content (AvgIpc) is 2.41. The molecule has 1 atom stereocenters. The van der Waals surface area contributed by atoms with Crippen molar-refractivity contribution < 1.29 is 4.79 Å². The van der Waals surface area contributed by atoms with Crippen molar-refractivity contribution in [3.8, 4) is 0 Å². The summed E-state index contributed by atoms with van der Waals surface area (Å²) >= 11 is 0. The zero-order valence-corrected chi connectivity index (χ0v) is 12.4. The molecule has 7 nitrogen and oxygen atoms in total. The van der Waals surface area contributed by atoms with Gasteiger partial charge in [0.25, 0.3) is 5.56 Å². The van der Waals surface area contributed by atoms with Crippen LogP contribution in [-0.4, -0.2) is 33.5 Å². The van der Waals surface area contributed by atoms with E-state index in [9.17, 15) is 14.4 Å². The molecule has 20 heavy (non-hydrogen) atoms. The van der Waals surface area contributed by atoms with Gasteiger partial charge in [0.15, 0.2) is 0 Å². The van der Waals surface area contributed by atoms with Gasteiger partial charge in [0.1, 0.15) is 0 Å². The molecule has 1 aromatic rings. The fraction of sp³-hybridized carbons (Fsp3) is 0.615. The molecule has 0 aliphatic heterocycles. The normalized spacial score (nSPS) is 12.2. The fourth-order valence-electron chi connectivity index (χ4n) is 1.87. The first kappa shape index (κ1) is 16.2. The molecule has 7 heteroatoms. The van der Waals surface area contributed by atoms with Crippen LogP contribution in [0.3, 0.4) is 0 Å². The maximum absolute atomic E-state index is 12.0. The zero-order chi connectivity index (χ0) is 15.4. The minimum Gasteiger partial charge on any atom is -0.341 e. The van der Waals surface area contributed by atoms with E-state index in [-0.39, 0.29) is 29.6 Å². The van der Waals surface area contributed by atoms with E-state index in [0.29, 0.717) is 18.5 Å². The zero-order valence-electron chi connectivity index (χ0n) is 12.4. The van der Waals surface area contributed by atoms with Gasteiger partial charge in [0, 0.05) is 33.8 Å². The van der Waals surface area contributed by atoms with Gasteiger partial charge < -0.3 is 15.2 Å². The topological polar surface area (TPSA) is 90.3 Å². The van der Waals surface area contributed by atoms with Gasteiger partial charge in [0.05, 0.1) is 12.1 Å². The van der Waals surface area contributed by atoms with E-state index >= 15 is 0 Å². The fourth-order valence-corrected chi connectivity index (χ4v) is 1.87. The smallest absolute Gasteiger partial charge is 0.330 e. The van der Waals surface area contributed by atoms with Gasteiger partial charge in [-0.05, 0) is 12.5 Å². The van der Waals surface area contributed by atoms with Crippen molar-refractivity contribution in [1.82, 2.24) is 14.0 Å². The van der Waals surface area contributed by atoms with Gasteiger partial charge in [-0.3, -0.25) is 14.2 Å². The lowest BCUT2D eigenvalue weighted by atomic mass is 10.1. The summed E-state index contributed by atoms with van der Waals surface area (Å²) in [5, 5.41) is 0. The summed E-state index contributed by atoms with van der Waals surface area (Å²) in [7, 11) is 4.63. The summed E-state index contributed by atoms with van der Waals surface area (Å²) in [6.45, 7) is 2.52. The number of hydrogen-bond acceptors (Lipinski definition) is 4. The third-order valence-corrected chi connectivity index (χ3v) is 3.28. The molecule has 1 amide bonds. The largest absolute Gasteiger partial charge is 0.341 e. The van der Waals surface area contributed by atoms with E-state index in [1.807, 2.05) is 6.92 Å². The molecule has 1 aromatic heterocycles. The Morgan fingerprint density at radius 2 is 2.00 bits per heavy atom. The highest BCUT2D eigenvalue weighted by Crippen LogP contribution is 2.04. The van der Waals surface area contributed by atoms with Crippen LogP contribution in [0.4, 0.5) is 0 Å². The predicted molar refractivity (Wildman–Crippen MR) is 76.2 cm³/mol. The predicted octanol–water partition coefficient (Wildman–Crippen LogP) is -0.973. The quantitative estimate of drug-likeness (QED) is 0.752. The highest BCUT2D eigenvalue weighted by molar-refractivity contribution is 5.76. The third-order valence-electron chi connectivity index (χ3n) is 3.28. The third kappa shape index (κ3) is 3.57. The first-order valence-corrected chi connectivity index (χ1v) is 6.47. The van der Waals surface area contributed by atoms with E-state index < -0.39 is 0 Å². The maximum atomic E-state index is 12.0. The Morgan fingerprint density at radius 3 is 2.55 bits per heavy atom. The van der Waals surface area contributed by atoms with Crippen molar-refractivity contribution in [3.63, 3.8) is 0 Å². The van der Waals surface area contributed by atoms with Crippen LogP contribution in [0.25, 0.3) is 0 Å². The first-order chi connectivity index (χ1) is 9.27. The molecule has 0 aliphatic rings. The first-order valence-electron chi connectivity index (χ1n) is 6.47. The molecule has 0 saturated carbocycles. The molecule has 0 fully saturated rings. The molecule has 0 saturated heterocycles. The number of carbonyl (C=O) groups excluding carboxylic acids is 1. The van der Waals surface area contributed by atoms with Crippen LogP contribution in [0.5, 0.6) is 0 Å². The Bertz CT molecular complexity index is 603. The number of aromatic nitrogens is 2. The summed E-state index contributed by atoms with van der Waals surface area (Å²) < 4.78 is 2.37. The summed E-state index contributed by atoms with van der Waals surface area (Å²) in [5.74, 6) is 0.0340. The monoisotopic (exact) mass is 282 g/mol. The highest BCUT2D eigenvalue weighted by atomic mass is 16.2. The molecule has 112 valence electrons. The van der Waals surface area contributed by atoms with Crippen LogP contribution in [0.1, 0.15) is 18.9 Å². The van der Waals surface area contributed by atoms with E-state index in [1.165, 1.54) is 22.7 Å². The van der Waals surface area contributed by atoms with Crippen molar-refractivity contribution in [2.75, 3.05) is 13.6 Å². The van der Waals surface area contributed by atoms with Crippen molar-refractivity contribution in [3.05, 3.63) is 32.6 Å². The number of amides is 1. The summed E-state index contributed by atoms with van der Waals surface area (Å²) in [4.78, 5) is 37.0. The maximum Gasteiger partial charge on any atom is 0.330 e. The van der Waals surface area contributed by atoms with Crippen molar-refractivity contribution in [1.29, 1.82) is 0 Å². The second-order valence-electron chi connectivity index (χ2n) is 5.21. The molecular formula is C13H22N4O3. The molecule has 1 unspecified atom stereocenters. The summed E-state index contributed by atoms with van der Waals surface area (Å²) in [5.41, 5.74) is 5.14. The van der Waals surface area contributed by atoms with Gasteiger partial charge in [-0.1, -0.05) is 6.92 Å². The van der Waals surface area contributed by atoms with Crippen molar-refractivity contribution in [2.45, 2.75) is 19.9 Å². The second-order valence-corrected chi connectivity index (χ2v) is 5.21. The lowest BCUT2D eigenvalue weighted by molar-refractivity contribution is -0.131. The lowest BCUT2D eigenvalue weighted by Gasteiger charge is -2.19. The molecule has 0 aliphatic carbocycles. The highest BCUT2D eigenvalue weighted by Gasteiger charge is 2.15. The SMILES string of the molecule is CC(CN)CC(=O)N(C)Cc1cn(C)c(=O)n(C)c1=O. The van der Waals surface area contributed by atoms with Gasteiger partial charge in [-0.2, -0.15) is 0 Å². The van der Waals surface area contributed by atoms with Crippen LogP contribution in [0, 0.1) is 5.92 Å². The van der Waals surface area contributed by atoms with Gasteiger partial charge in [-0.15, -0.1) is 0 Å². The van der Waals surface area contributed by atoms with Crippen molar-refractivity contribution >= 4 is 5.91 Å². The van der Waals surface area contributed by atoms with Crippen LogP contribution in [0.2, 0.25) is 0 Å². The number of carbonyl (C=O) groups is 1. The molecule has 0 radical (unpaired) electrons. The Balaban J connectivity index is 2.92. The molecule has 0 spiro atoms. The number of hydrogen-bond donors (Lipinski definition) is 1. The Kier molecular flexibility index (Phi) is 5.26. The number of rotatable bonds is 5. The Labute approximate surface area is 117 Å². The minimum atomic E-state index is -0.385. The molecular weight excluding hydrogens is 260 g/mol. The molecule has 2 N–H and O–H groups in total. The Hall–Kier alpha value is -1.89. The van der Waals surface area contributed by atoms with Gasteiger partial charge >= 0.3 is 5.69 Å². The standard InChI is InChI=1S/C13H22N4O3/c1-9(6-14)5-11(18)15(2)7-10-8-16(3)13(20)17(4)12(10)19/h8-9H,5-7,14H2,1-4H3. The van der Waals surface area contributed by atoms with Crippen LogP contribution in [-0.2, 0) is 25.4 Å². The average molecular weight is 282 g/mol. The van der Waals surface area contributed by atoms with Gasteiger partial charge in [-0.25, -0.2) is 4.79 Å². The molecule has 0 aromatic carbocycles. The summed E-state index contributed by atoms with van der Waals surface area (Å²) in [6.07, 6.45) is 1.82.